The van der Waals surface area contributed by atoms with Gasteiger partial charge in [-0.25, -0.2) is 4.98 Å². The summed E-state index contributed by atoms with van der Waals surface area (Å²) in [6.07, 6.45) is 0. The Bertz CT molecular complexity index is 761. The molecule has 1 aromatic heterocycles. The van der Waals surface area contributed by atoms with Crippen molar-refractivity contribution in [1.82, 2.24) is 4.98 Å². The van der Waals surface area contributed by atoms with E-state index in [-0.39, 0.29) is 0 Å². The van der Waals surface area contributed by atoms with E-state index in [1.54, 1.807) is 39.8 Å². The lowest BCUT2D eigenvalue weighted by Crippen LogP contribution is -1.90. The lowest BCUT2D eigenvalue weighted by atomic mass is 10.1. The number of hydrogen-bond donors (Lipinski definition) is 0. The molecule has 0 bridgehead atoms. The highest BCUT2D eigenvalue weighted by Gasteiger charge is 2.11. The van der Waals surface area contributed by atoms with Crippen LogP contribution in [0.5, 0.6) is 23.0 Å². The molecule has 0 saturated heterocycles. The van der Waals surface area contributed by atoms with Gasteiger partial charge in [-0.15, -0.1) is 11.3 Å². The number of rotatable bonds is 6. The molecule has 0 atom stereocenters. The van der Waals surface area contributed by atoms with Gasteiger partial charge >= 0.3 is 0 Å². The van der Waals surface area contributed by atoms with Gasteiger partial charge in [-0.05, 0) is 24.3 Å². The van der Waals surface area contributed by atoms with Crippen molar-refractivity contribution in [2.75, 3.05) is 28.4 Å². The van der Waals surface area contributed by atoms with Gasteiger partial charge in [-0.3, -0.25) is 0 Å². The monoisotopic (exact) mass is 357 g/mol. The fraction of sp³-hybridized carbons (Fsp3) is 0.211. The highest BCUT2D eigenvalue weighted by Crippen LogP contribution is 2.35. The first kappa shape index (κ1) is 17.1. The van der Waals surface area contributed by atoms with Crippen molar-refractivity contribution in [3.8, 4) is 44.8 Å². The minimum Gasteiger partial charge on any atom is -0.497 e. The molecule has 0 radical (unpaired) electrons. The number of aromatic nitrogens is 1. The number of ether oxygens (including phenoxy) is 4. The Balaban J connectivity index is 2.01. The number of benzene rings is 2. The number of hydrogen-bond acceptors (Lipinski definition) is 6. The van der Waals surface area contributed by atoms with Crippen LogP contribution >= 0.6 is 11.3 Å². The minimum absolute atomic E-state index is 0.729. The SMILES string of the molecule is COc1cc(OC)cc(-c2csc(-c3cc(OC)cc(OC)c3)n2)c1. The number of nitrogens with zero attached hydrogens (tertiary/aromatic N) is 1. The average molecular weight is 357 g/mol. The molecule has 1 heterocycles. The average Bonchev–Trinajstić information content (AvgIpc) is 3.17. The standard InChI is InChI=1S/C19H19NO4S/c1-21-14-5-12(6-15(9-14)22-2)18-11-25-19(20-18)13-7-16(23-3)10-17(8-13)24-4/h5-11H,1-4H3. The van der Waals surface area contributed by atoms with Crippen LogP contribution in [0.15, 0.2) is 41.8 Å². The molecule has 0 aliphatic carbocycles. The summed E-state index contributed by atoms with van der Waals surface area (Å²) in [5, 5.41) is 2.89. The third kappa shape index (κ3) is 3.69. The first-order valence-corrected chi connectivity index (χ1v) is 8.47. The molecule has 0 saturated carbocycles. The van der Waals surface area contributed by atoms with E-state index in [2.05, 4.69) is 0 Å². The molecule has 0 spiro atoms. The van der Waals surface area contributed by atoms with E-state index in [1.807, 2.05) is 41.8 Å². The second-order valence-electron chi connectivity index (χ2n) is 5.24. The van der Waals surface area contributed by atoms with Crippen LogP contribution in [0.25, 0.3) is 21.8 Å². The van der Waals surface area contributed by atoms with Gasteiger partial charge in [0.05, 0.1) is 34.1 Å². The first-order valence-electron chi connectivity index (χ1n) is 7.59. The summed E-state index contributed by atoms with van der Waals surface area (Å²) in [5.74, 6) is 2.92. The zero-order chi connectivity index (χ0) is 17.8. The molecule has 25 heavy (non-hydrogen) atoms. The van der Waals surface area contributed by atoms with E-state index in [1.165, 1.54) is 0 Å². The van der Waals surface area contributed by atoms with Crippen LogP contribution in [-0.2, 0) is 0 Å². The molecular weight excluding hydrogens is 338 g/mol. The van der Waals surface area contributed by atoms with Crippen molar-refractivity contribution in [3.63, 3.8) is 0 Å². The van der Waals surface area contributed by atoms with Crippen molar-refractivity contribution < 1.29 is 18.9 Å². The molecule has 2 aromatic carbocycles. The Morgan fingerprint density at radius 2 is 1.08 bits per heavy atom. The number of thiazole rings is 1. The molecule has 0 amide bonds. The third-order valence-electron chi connectivity index (χ3n) is 3.75. The van der Waals surface area contributed by atoms with Crippen molar-refractivity contribution in [3.05, 3.63) is 41.8 Å². The highest BCUT2D eigenvalue weighted by atomic mass is 32.1. The Labute approximate surface area is 150 Å². The van der Waals surface area contributed by atoms with E-state index in [4.69, 9.17) is 23.9 Å². The molecule has 0 aliphatic rings. The third-order valence-corrected chi connectivity index (χ3v) is 4.64. The van der Waals surface area contributed by atoms with E-state index >= 15 is 0 Å². The van der Waals surface area contributed by atoms with Crippen molar-refractivity contribution in [2.24, 2.45) is 0 Å². The van der Waals surface area contributed by atoms with Gasteiger partial charge in [0.2, 0.25) is 0 Å². The van der Waals surface area contributed by atoms with Crippen LogP contribution in [0.2, 0.25) is 0 Å². The Morgan fingerprint density at radius 1 is 0.640 bits per heavy atom. The number of methoxy groups -OCH3 is 4. The van der Waals surface area contributed by atoms with Crippen molar-refractivity contribution in [1.29, 1.82) is 0 Å². The van der Waals surface area contributed by atoms with Gasteiger partial charge in [0.15, 0.2) is 0 Å². The minimum atomic E-state index is 0.729. The topological polar surface area (TPSA) is 49.8 Å². The summed E-state index contributed by atoms with van der Waals surface area (Å²) in [7, 11) is 6.53. The molecule has 0 N–H and O–H groups in total. The van der Waals surface area contributed by atoms with Crippen LogP contribution in [0.4, 0.5) is 0 Å². The van der Waals surface area contributed by atoms with Crippen molar-refractivity contribution in [2.45, 2.75) is 0 Å². The van der Waals surface area contributed by atoms with Crippen LogP contribution in [-0.4, -0.2) is 33.4 Å². The maximum Gasteiger partial charge on any atom is 0.124 e. The van der Waals surface area contributed by atoms with Crippen LogP contribution < -0.4 is 18.9 Å². The van der Waals surface area contributed by atoms with Gasteiger partial charge in [0.1, 0.15) is 28.0 Å². The molecule has 6 heteroatoms. The quantitative estimate of drug-likeness (QED) is 0.649. The Kier molecular flexibility index (Phi) is 5.09. The predicted molar refractivity (Wildman–Crippen MR) is 99.2 cm³/mol. The first-order chi connectivity index (χ1) is 12.2. The smallest absolute Gasteiger partial charge is 0.124 e. The maximum atomic E-state index is 5.33. The molecule has 130 valence electrons. The highest BCUT2D eigenvalue weighted by molar-refractivity contribution is 7.13. The summed E-state index contributed by atoms with van der Waals surface area (Å²) >= 11 is 1.56. The Morgan fingerprint density at radius 3 is 1.52 bits per heavy atom. The predicted octanol–water partition coefficient (Wildman–Crippen LogP) is 4.51. The van der Waals surface area contributed by atoms with Gasteiger partial charge < -0.3 is 18.9 Å². The van der Waals surface area contributed by atoms with Gasteiger partial charge in [0.25, 0.3) is 0 Å². The largest absolute Gasteiger partial charge is 0.497 e. The molecule has 0 unspecified atom stereocenters. The van der Waals surface area contributed by atoms with Crippen molar-refractivity contribution >= 4 is 11.3 Å². The summed E-state index contributed by atoms with van der Waals surface area (Å²) in [6.45, 7) is 0. The second-order valence-corrected chi connectivity index (χ2v) is 6.10. The van der Waals surface area contributed by atoms with Crippen LogP contribution in [0.3, 0.4) is 0 Å². The fourth-order valence-corrected chi connectivity index (χ4v) is 3.24. The van der Waals surface area contributed by atoms with Gasteiger partial charge in [-0.2, -0.15) is 0 Å². The summed E-state index contributed by atoms with van der Waals surface area (Å²) < 4.78 is 21.3. The van der Waals surface area contributed by atoms with E-state index in [9.17, 15) is 0 Å². The molecule has 0 fully saturated rings. The molecule has 5 nitrogen and oxygen atoms in total. The molecular formula is C19H19NO4S. The van der Waals surface area contributed by atoms with E-state index in [0.29, 0.717) is 0 Å². The van der Waals surface area contributed by atoms with Crippen LogP contribution in [0, 0.1) is 0 Å². The lowest BCUT2D eigenvalue weighted by Gasteiger charge is -2.07. The zero-order valence-electron chi connectivity index (χ0n) is 14.5. The summed E-state index contributed by atoms with van der Waals surface area (Å²) in [6, 6.07) is 11.4. The summed E-state index contributed by atoms with van der Waals surface area (Å²) in [5.41, 5.74) is 2.75. The Hall–Kier alpha value is -2.73. The molecule has 3 aromatic rings. The molecule has 0 aliphatic heterocycles. The normalized spacial score (nSPS) is 10.4. The summed E-state index contributed by atoms with van der Waals surface area (Å²) in [4.78, 5) is 4.75. The molecule has 3 rings (SSSR count). The fourth-order valence-electron chi connectivity index (χ4n) is 2.43. The lowest BCUT2D eigenvalue weighted by molar-refractivity contribution is 0.394. The van der Waals surface area contributed by atoms with Gasteiger partial charge in [-0.1, -0.05) is 0 Å². The van der Waals surface area contributed by atoms with E-state index < -0.39 is 0 Å². The maximum absolute atomic E-state index is 5.33. The second kappa shape index (κ2) is 7.44. The van der Waals surface area contributed by atoms with Gasteiger partial charge in [0, 0.05) is 28.6 Å². The van der Waals surface area contributed by atoms with Crippen LogP contribution in [0.1, 0.15) is 0 Å². The van der Waals surface area contributed by atoms with E-state index in [0.717, 1.165) is 44.8 Å². The zero-order valence-corrected chi connectivity index (χ0v) is 15.3.